The van der Waals surface area contributed by atoms with Gasteiger partial charge in [-0.25, -0.2) is 5.43 Å². The van der Waals surface area contributed by atoms with Crippen molar-refractivity contribution in [1.29, 1.82) is 0 Å². The molecule has 2 aliphatic heterocycles. The van der Waals surface area contributed by atoms with Gasteiger partial charge in [-0.1, -0.05) is 11.6 Å². The summed E-state index contributed by atoms with van der Waals surface area (Å²) in [7, 11) is 3.43. The minimum Gasteiger partial charge on any atom is -0.344 e. The number of anilines is 1. The standard InChI is InChI=1S/C14H16ClFN4O2S/c1-19-6-7(9-5-10(15)18-20(9)2)11(14(19)22)13(21)17-8-3-4-23-12(8)16/h3-5,7,10-11,18H,6H2,1-2H3,(H,17,21)/t7-,10?,11+/m1/s1. The fraction of sp³-hybridized carbons (Fsp3) is 0.429. The lowest BCUT2D eigenvalue weighted by atomic mass is 9.91. The Morgan fingerprint density at radius 1 is 1.52 bits per heavy atom. The summed E-state index contributed by atoms with van der Waals surface area (Å²) in [4.78, 5) is 26.5. The molecule has 1 fully saturated rings. The van der Waals surface area contributed by atoms with Crippen LogP contribution in [0.2, 0.25) is 0 Å². The van der Waals surface area contributed by atoms with Crippen LogP contribution in [0.4, 0.5) is 10.1 Å². The quantitative estimate of drug-likeness (QED) is 0.487. The van der Waals surface area contributed by atoms with Crippen molar-refractivity contribution in [1.82, 2.24) is 15.3 Å². The molecule has 3 atom stereocenters. The smallest absolute Gasteiger partial charge is 0.237 e. The average Bonchev–Trinajstić information content (AvgIpc) is 3.11. The molecule has 3 heterocycles. The highest BCUT2D eigenvalue weighted by molar-refractivity contribution is 7.08. The van der Waals surface area contributed by atoms with Gasteiger partial charge in [-0.15, -0.1) is 11.3 Å². The van der Waals surface area contributed by atoms with Gasteiger partial charge in [-0.3, -0.25) is 9.59 Å². The molecule has 124 valence electrons. The first-order chi connectivity index (χ1) is 10.9. The molecule has 0 aliphatic carbocycles. The molecule has 1 saturated heterocycles. The Morgan fingerprint density at radius 3 is 2.83 bits per heavy atom. The maximum atomic E-state index is 13.5. The summed E-state index contributed by atoms with van der Waals surface area (Å²) < 4.78 is 13.5. The average molecular weight is 359 g/mol. The number of nitrogens with one attached hydrogen (secondary N) is 2. The Morgan fingerprint density at radius 2 is 2.26 bits per heavy atom. The van der Waals surface area contributed by atoms with Gasteiger partial charge in [-0.2, -0.15) is 4.39 Å². The van der Waals surface area contributed by atoms with Gasteiger partial charge < -0.3 is 15.2 Å². The number of thiophene rings is 1. The van der Waals surface area contributed by atoms with Crippen LogP contribution in [0.25, 0.3) is 0 Å². The Bertz CT molecular complexity index is 679. The molecule has 1 unspecified atom stereocenters. The number of likely N-dealkylation sites (tertiary alicyclic amines) is 1. The highest BCUT2D eigenvalue weighted by Gasteiger charge is 2.47. The minimum atomic E-state index is -0.906. The van der Waals surface area contributed by atoms with Gasteiger partial charge in [0.05, 0.1) is 5.69 Å². The van der Waals surface area contributed by atoms with Crippen molar-refractivity contribution in [2.75, 3.05) is 26.0 Å². The molecule has 9 heteroatoms. The number of amides is 2. The lowest BCUT2D eigenvalue weighted by Crippen LogP contribution is -2.38. The zero-order valence-electron chi connectivity index (χ0n) is 12.5. The number of hydrazine groups is 1. The fourth-order valence-electron chi connectivity index (χ4n) is 2.98. The van der Waals surface area contributed by atoms with Gasteiger partial charge >= 0.3 is 0 Å². The maximum Gasteiger partial charge on any atom is 0.237 e. The van der Waals surface area contributed by atoms with Gasteiger partial charge in [0.2, 0.25) is 11.8 Å². The summed E-state index contributed by atoms with van der Waals surface area (Å²) in [5.74, 6) is -2.03. The summed E-state index contributed by atoms with van der Waals surface area (Å²) in [6, 6.07) is 1.48. The van der Waals surface area contributed by atoms with Crippen LogP contribution in [-0.2, 0) is 9.59 Å². The molecule has 0 aromatic carbocycles. The van der Waals surface area contributed by atoms with Crippen LogP contribution < -0.4 is 10.7 Å². The first kappa shape index (κ1) is 16.2. The van der Waals surface area contributed by atoms with E-state index in [4.69, 9.17) is 11.6 Å². The van der Waals surface area contributed by atoms with Gasteiger partial charge in [0.15, 0.2) is 5.13 Å². The van der Waals surface area contributed by atoms with E-state index in [9.17, 15) is 14.0 Å². The van der Waals surface area contributed by atoms with E-state index in [0.29, 0.717) is 6.54 Å². The van der Waals surface area contributed by atoms with E-state index in [-0.39, 0.29) is 23.0 Å². The van der Waals surface area contributed by atoms with E-state index < -0.39 is 17.0 Å². The fourth-order valence-corrected chi connectivity index (χ4v) is 3.83. The zero-order valence-corrected chi connectivity index (χ0v) is 14.1. The summed E-state index contributed by atoms with van der Waals surface area (Å²) in [6.07, 6.45) is 1.78. The van der Waals surface area contributed by atoms with Crippen molar-refractivity contribution >= 4 is 40.4 Å². The summed E-state index contributed by atoms with van der Waals surface area (Å²) in [5.41, 5.74) is 3.48. The van der Waals surface area contributed by atoms with Gasteiger partial charge in [0, 0.05) is 32.3 Å². The maximum absolute atomic E-state index is 13.5. The summed E-state index contributed by atoms with van der Waals surface area (Å²) in [5, 5.41) is 5.30. The second-order valence-electron chi connectivity index (χ2n) is 5.58. The molecule has 6 nitrogen and oxygen atoms in total. The zero-order chi connectivity index (χ0) is 16.7. The van der Waals surface area contributed by atoms with Crippen molar-refractivity contribution in [3.63, 3.8) is 0 Å². The lowest BCUT2D eigenvalue weighted by molar-refractivity contribution is -0.135. The van der Waals surface area contributed by atoms with E-state index in [0.717, 1.165) is 17.0 Å². The van der Waals surface area contributed by atoms with E-state index in [1.54, 1.807) is 30.6 Å². The van der Waals surface area contributed by atoms with Crippen molar-refractivity contribution in [3.8, 4) is 0 Å². The number of rotatable bonds is 3. The lowest BCUT2D eigenvalue weighted by Gasteiger charge is -2.24. The minimum absolute atomic E-state index is 0.100. The second kappa shape index (κ2) is 6.10. The van der Waals surface area contributed by atoms with Gasteiger partial charge in [-0.05, 0) is 17.5 Å². The molecule has 0 saturated carbocycles. The molecule has 1 aromatic heterocycles. The molecule has 2 aliphatic rings. The predicted molar refractivity (Wildman–Crippen MR) is 86.1 cm³/mol. The van der Waals surface area contributed by atoms with Crippen molar-refractivity contribution in [2.24, 2.45) is 11.8 Å². The largest absolute Gasteiger partial charge is 0.344 e. The summed E-state index contributed by atoms with van der Waals surface area (Å²) >= 11 is 6.93. The molecule has 0 spiro atoms. The highest BCUT2D eigenvalue weighted by Crippen LogP contribution is 2.34. The van der Waals surface area contributed by atoms with Crippen LogP contribution in [0.5, 0.6) is 0 Å². The molecule has 2 amide bonds. The topological polar surface area (TPSA) is 64.7 Å². The molecular weight excluding hydrogens is 343 g/mol. The predicted octanol–water partition coefficient (Wildman–Crippen LogP) is 1.43. The Labute approximate surface area is 141 Å². The number of alkyl halides is 1. The number of halogens is 2. The normalized spacial score (nSPS) is 27.6. The molecule has 2 N–H and O–H groups in total. The van der Waals surface area contributed by atoms with E-state index >= 15 is 0 Å². The van der Waals surface area contributed by atoms with Gasteiger partial charge in [0.25, 0.3) is 0 Å². The third-order valence-corrected chi connectivity index (χ3v) is 5.00. The number of hydrogen-bond donors (Lipinski definition) is 2. The van der Waals surface area contributed by atoms with Crippen LogP contribution >= 0.6 is 22.9 Å². The van der Waals surface area contributed by atoms with E-state index in [2.05, 4.69) is 10.7 Å². The van der Waals surface area contributed by atoms with Crippen LogP contribution in [0.15, 0.2) is 23.2 Å². The molecule has 0 radical (unpaired) electrons. The SMILES string of the molecule is CN1C[C@H](C2=CC(Cl)NN2C)[C@@H](C(=O)Nc2ccsc2F)C1=O. The second-order valence-corrected chi connectivity index (χ2v) is 6.92. The number of carbonyl (C=O) groups is 2. The Balaban J connectivity index is 1.85. The molecular formula is C14H16ClFN4O2S. The Kier molecular flexibility index (Phi) is 4.31. The van der Waals surface area contributed by atoms with Crippen LogP contribution in [-0.4, -0.2) is 47.9 Å². The van der Waals surface area contributed by atoms with Crippen molar-refractivity contribution < 1.29 is 14.0 Å². The third kappa shape index (κ3) is 2.93. The van der Waals surface area contributed by atoms with Crippen LogP contribution in [0, 0.1) is 17.0 Å². The van der Waals surface area contributed by atoms with Crippen molar-refractivity contribution in [2.45, 2.75) is 5.50 Å². The Hall–Kier alpha value is -1.64. The highest BCUT2D eigenvalue weighted by atomic mass is 35.5. The number of nitrogens with zero attached hydrogens (tertiary/aromatic N) is 2. The molecule has 0 bridgehead atoms. The monoisotopic (exact) mass is 358 g/mol. The molecule has 3 rings (SSSR count). The van der Waals surface area contributed by atoms with Gasteiger partial charge in [0.1, 0.15) is 11.4 Å². The first-order valence-electron chi connectivity index (χ1n) is 7.03. The third-order valence-electron chi connectivity index (χ3n) is 4.07. The number of hydrogen-bond acceptors (Lipinski definition) is 5. The van der Waals surface area contributed by atoms with E-state index in [1.807, 2.05) is 0 Å². The first-order valence-corrected chi connectivity index (χ1v) is 8.34. The number of carbonyl (C=O) groups excluding carboxylic acids is 2. The van der Waals surface area contributed by atoms with Crippen LogP contribution in [0.1, 0.15) is 0 Å². The van der Waals surface area contributed by atoms with Crippen molar-refractivity contribution in [3.05, 3.63) is 28.4 Å². The van der Waals surface area contributed by atoms with E-state index in [1.165, 1.54) is 11.0 Å². The summed E-state index contributed by atoms with van der Waals surface area (Å²) in [6.45, 7) is 0.407. The molecule has 23 heavy (non-hydrogen) atoms. The van der Waals surface area contributed by atoms with Crippen LogP contribution in [0.3, 0.4) is 0 Å². The molecule has 1 aromatic rings.